The van der Waals surface area contributed by atoms with Crippen LogP contribution in [0, 0.1) is 13.8 Å². The lowest BCUT2D eigenvalue weighted by Gasteiger charge is -2.20. The summed E-state index contributed by atoms with van der Waals surface area (Å²) in [6, 6.07) is 22.6. The summed E-state index contributed by atoms with van der Waals surface area (Å²) in [5, 5.41) is 0. The van der Waals surface area contributed by atoms with Gasteiger partial charge in [0.1, 0.15) is 11.6 Å². The molecule has 5 nitrogen and oxygen atoms in total. The van der Waals surface area contributed by atoms with Crippen molar-refractivity contribution >= 4 is 22.6 Å². The molecule has 33 heavy (non-hydrogen) atoms. The standard InChI is InChI=1S/C28H29N3O2/c1-4-33-26-12-8-7-11-25(26)30-18-22(16-27(30)32)28-29-23-9-5-6-10-24(23)31(28)17-21-15-19(2)13-14-20(21)3/h5-15,22H,4,16-18H2,1-3H3/t22-/m1/s1. The van der Waals surface area contributed by atoms with Crippen molar-refractivity contribution in [1.29, 1.82) is 0 Å². The molecule has 0 aliphatic carbocycles. The molecule has 168 valence electrons. The van der Waals surface area contributed by atoms with Crippen molar-refractivity contribution in [2.45, 2.75) is 39.7 Å². The zero-order valence-electron chi connectivity index (χ0n) is 19.4. The summed E-state index contributed by atoms with van der Waals surface area (Å²) in [6.45, 7) is 8.13. The Bertz CT molecular complexity index is 1320. The van der Waals surface area contributed by atoms with E-state index in [1.807, 2.05) is 42.2 Å². The Morgan fingerprint density at radius 3 is 2.67 bits per heavy atom. The van der Waals surface area contributed by atoms with Crippen LogP contribution in [0.25, 0.3) is 11.0 Å². The number of para-hydroxylation sites is 4. The molecule has 0 N–H and O–H groups in total. The molecular formula is C28H29N3O2. The summed E-state index contributed by atoms with van der Waals surface area (Å²) >= 11 is 0. The van der Waals surface area contributed by atoms with Gasteiger partial charge in [-0.3, -0.25) is 4.79 Å². The Hall–Kier alpha value is -3.60. The molecule has 3 aromatic carbocycles. The summed E-state index contributed by atoms with van der Waals surface area (Å²) in [5.41, 5.74) is 6.70. The Morgan fingerprint density at radius 1 is 1.03 bits per heavy atom. The van der Waals surface area contributed by atoms with Gasteiger partial charge in [-0.1, -0.05) is 48.0 Å². The Balaban J connectivity index is 1.54. The fourth-order valence-corrected chi connectivity index (χ4v) is 4.78. The minimum absolute atomic E-state index is 0.0182. The lowest BCUT2D eigenvalue weighted by molar-refractivity contribution is -0.117. The van der Waals surface area contributed by atoms with Crippen molar-refractivity contribution in [2.24, 2.45) is 0 Å². The minimum atomic E-state index is 0.0182. The lowest BCUT2D eigenvalue weighted by Crippen LogP contribution is -2.25. The number of carbonyl (C=O) groups excluding carboxylic acids is 1. The molecular weight excluding hydrogens is 410 g/mol. The van der Waals surface area contributed by atoms with E-state index in [4.69, 9.17) is 9.72 Å². The molecule has 1 amide bonds. The van der Waals surface area contributed by atoms with Gasteiger partial charge < -0.3 is 14.2 Å². The average Bonchev–Trinajstić information content (AvgIpc) is 3.37. The number of carbonyl (C=O) groups is 1. The number of ether oxygens (including phenoxy) is 1. The van der Waals surface area contributed by atoms with E-state index in [2.05, 4.69) is 54.8 Å². The molecule has 1 aliphatic heterocycles. The van der Waals surface area contributed by atoms with Crippen LogP contribution in [0.3, 0.4) is 0 Å². The first-order valence-corrected chi connectivity index (χ1v) is 11.6. The van der Waals surface area contributed by atoms with Crippen LogP contribution in [-0.2, 0) is 11.3 Å². The highest BCUT2D eigenvalue weighted by Gasteiger charge is 2.36. The molecule has 2 heterocycles. The van der Waals surface area contributed by atoms with Gasteiger partial charge in [0.2, 0.25) is 5.91 Å². The highest BCUT2D eigenvalue weighted by molar-refractivity contribution is 5.97. The molecule has 0 spiro atoms. The van der Waals surface area contributed by atoms with E-state index in [-0.39, 0.29) is 11.8 Å². The number of fused-ring (bicyclic) bond motifs is 1. The van der Waals surface area contributed by atoms with Gasteiger partial charge in [0.25, 0.3) is 0 Å². The van der Waals surface area contributed by atoms with Crippen molar-refractivity contribution in [1.82, 2.24) is 9.55 Å². The fourth-order valence-electron chi connectivity index (χ4n) is 4.78. The first-order chi connectivity index (χ1) is 16.0. The lowest BCUT2D eigenvalue weighted by atomic mass is 10.0. The molecule has 5 heteroatoms. The van der Waals surface area contributed by atoms with Gasteiger partial charge in [-0.05, 0) is 56.2 Å². The summed E-state index contributed by atoms with van der Waals surface area (Å²) in [4.78, 5) is 20.0. The number of hydrogen-bond donors (Lipinski definition) is 0. The zero-order valence-corrected chi connectivity index (χ0v) is 19.4. The maximum Gasteiger partial charge on any atom is 0.227 e. The average molecular weight is 440 g/mol. The maximum atomic E-state index is 13.1. The molecule has 0 radical (unpaired) electrons. The van der Waals surface area contributed by atoms with Crippen LogP contribution in [0.5, 0.6) is 5.75 Å². The number of rotatable bonds is 6. The first-order valence-electron chi connectivity index (χ1n) is 11.6. The van der Waals surface area contributed by atoms with E-state index in [0.717, 1.165) is 34.8 Å². The third-order valence-electron chi connectivity index (χ3n) is 6.46. The zero-order chi connectivity index (χ0) is 22.9. The maximum absolute atomic E-state index is 13.1. The molecule has 0 bridgehead atoms. The molecule has 5 rings (SSSR count). The summed E-state index contributed by atoms with van der Waals surface area (Å²) in [5.74, 6) is 1.85. The minimum Gasteiger partial charge on any atom is -0.492 e. The van der Waals surface area contributed by atoms with Crippen molar-refractivity contribution in [2.75, 3.05) is 18.1 Å². The SMILES string of the molecule is CCOc1ccccc1N1C[C@H](c2nc3ccccc3n2Cc2cc(C)ccc2C)CC1=O. The van der Waals surface area contributed by atoms with Crippen molar-refractivity contribution in [3.05, 3.63) is 89.2 Å². The van der Waals surface area contributed by atoms with Crippen LogP contribution < -0.4 is 9.64 Å². The normalized spacial score (nSPS) is 16.0. The topological polar surface area (TPSA) is 47.4 Å². The van der Waals surface area contributed by atoms with Crippen molar-refractivity contribution in [3.63, 3.8) is 0 Å². The molecule has 1 saturated heterocycles. The van der Waals surface area contributed by atoms with Gasteiger partial charge >= 0.3 is 0 Å². The van der Waals surface area contributed by atoms with Crippen LogP contribution in [0.4, 0.5) is 5.69 Å². The predicted octanol–water partition coefficient (Wildman–Crippen LogP) is 5.62. The molecule has 0 unspecified atom stereocenters. The van der Waals surface area contributed by atoms with E-state index in [9.17, 15) is 4.79 Å². The molecule has 1 aromatic heterocycles. The van der Waals surface area contributed by atoms with Gasteiger partial charge in [-0.15, -0.1) is 0 Å². The number of benzene rings is 3. The molecule has 1 fully saturated rings. The molecule has 4 aromatic rings. The smallest absolute Gasteiger partial charge is 0.227 e. The van der Waals surface area contributed by atoms with Crippen LogP contribution in [-0.4, -0.2) is 28.6 Å². The molecule has 1 atom stereocenters. The summed E-state index contributed by atoms with van der Waals surface area (Å²) in [6.07, 6.45) is 0.441. The number of hydrogen-bond acceptors (Lipinski definition) is 3. The number of imidazole rings is 1. The van der Waals surface area contributed by atoms with E-state index in [1.54, 1.807) is 0 Å². The third-order valence-corrected chi connectivity index (χ3v) is 6.46. The van der Waals surface area contributed by atoms with Gasteiger partial charge in [-0.2, -0.15) is 0 Å². The number of nitrogens with zero attached hydrogens (tertiary/aromatic N) is 3. The highest BCUT2D eigenvalue weighted by atomic mass is 16.5. The van der Waals surface area contributed by atoms with Gasteiger partial charge in [0.15, 0.2) is 0 Å². The van der Waals surface area contributed by atoms with Gasteiger partial charge in [0, 0.05) is 25.4 Å². The van der Waals surface area contributed by atoms with Crippen molar-refractivity contribution < 1.29 is 9.53 Å². The monoisotopic (exact) mass is 439 g/mol. The molecule has 0 saturated carbocycles. The fraction of sp³-hybridized carbons (Fsp3) is 0.286. The second-order valence-electron chi connectivity index (χ2n) is 8.78. The van der Waals surface area contributed by atoms with Crippen LogP contribution in [0.2, 0.25) is 0 Å². The Kier molecular flexibility index (Phi) is 5.63. The van der Waals surface area contributed by atoms with Gasteiger partial charge in [-0.25, -0.2) is 4.98 Å². The number of aryl methyl sites for hydroxylation is 2. The first kappa shape index (κ1) is 21.3. The second kappa shape index (κ2) is 8.74. The number of aromatic nitrogens is 2. The number of anilines is 1. The predicted molar refractivity (Wildman–Crippen MR) is 132 cm³/mol. The van der Waals surface area contributed by atoms with E-state index >= 15 is 0 Å². The van der Waals surface area contributed by atoms with Crippen LogP contribution in [0.1, 0.15) is 41.8 Å². The largest absolute Gasteiger partial charge is 0.492 e. The Morgan fingerprint density at radius 2 is 1.82 bits per heavy atom. The van der Waals surface area contributed by atoms with E-state index in [0.29, 0.717) is 19.6 Å². The van der Waals surface area contributed by atoms with Crippen LogP contribution >= 0.6 is 0 Å². The Labute approximate surface area is 194 Å². The third kappa shape index (κ3) is 3.99. The van der Waals surface area contributed by atoms with E-state index < -0.39 is 0 Å². The molecule has 1 aliphatic rings. The van der Waals surface area contributed by atoms with E-state index in [1.165, 1.54) is 16.7 Å². The highest BCUT2D eigenvalue weighted by Crippen LogP contribution is 2.37. The quantitative estimate of drug-likeness (QED) is 0.392. The number of amides is 1. The summed E-state index contributed by atoms with van der Waals surface area (Å²) in [7, 11) is 0. The van der Waals surface area contributed by atoms with Crippen LogP contribution in [0.15, 0.2) is 66.7 Å². The second-order valence-corrected chi connectivity index (χ2v) is 8.78. The summed E-state index contributed by atoms with van der Waals surface area (Å²) < 4.78 is 8.10. The van der Waals surface area contributed by atoms with Crippen molar-refractivity contribution in [3.8, 4) is 5.75 Å². The van der Waals surface area contributed by atoms with Gasteiger partial charge in [0.05, 0.1) is 23.3 Å².